The number of rotatable bonds is 6. The minimum Gasteiger partial charge on any atom is -0.480 e. The molecule has 0 aromatic carbocycles. The summed E-state index contributed by atoms with van der Waals surface area (Å²) in [6, 6.07) is -0.648. The summed E-state index contributed by atoms with van der Waals surface area (Å²) in [7, 11) is 0. The molecule has 108 valence electrons. The summed E-state index contributed by atoms with van der Waals surface area (Å²) in [6.07, 6.45) is 3.81. The second-order valence-electron chi connectivity index (χ2n) is 5.04. The Kier molecular flexibility index (Phi) is 5.15. The van der Waals surface area contributed by atoms with E-state index in [0.29, 0.717) is 26.2 Å². The van der Waals surface area contributed by atoms with E-state index in [0.717, 1.165) is 25.9 Å². The Balaban J connectivity index is 1.64. The van der Waals surface area contributed by atoms with Crippen molar-refractivity contribution in [3.05, 3.63) is 0 Å². The van der Waals surface area contributed by atoms with Crippen molar-refractivity contribution in [2.75, 3.05) is 26.4 Å². The third-order valence-electron chi connectivity index (χ3n) is 3.65. The number of aliphatic carboxylic acids is 1. The number of carboxylic acids is 1. The predicted octanol–water partition coefficient (Wildman–Crippen LogP) is 0.648. The second kappa shape index (κ2) is 6.86. The molecule has 1 N–H and O–H groups in total. The van der Waals surface area contributed by atoms with E-state index in [2.05, 4.69) is 0 Å². The van der Waals surface area contributed by atoms with Crippen molar-refractivity contribution in [1.82, 2.24) is 4.90 Å². The standard InChI is InChI=1S/C13H21NO5/c15-12(14-6-1-4-11(14)13(16)17)5-8-18-9-10-3-2-7-19-10/h10-11H,1-9H2,(H,16,17)/t10-,11+/m0/s1. The number of hydrogen-bond acceptors (Lipinski definition) is 4. The van der Waals surface area contributed by atoms with Crippen LogP contribution in [0, 0.1) is 0 Å². The predicted molar refractivity (Wildman–Crippen MR) is 66.8 cm³/mol. The molecule has 0 aromatic heterocycles. The first-order valence-electron chi connectivity index (χ1n) is 6.90. The molecule has 2 rings (SSSR count). The van der Waals surface area contributed by atoms with E-state index in [4.69, 9.17) is 14.6 Å². The van der Waals surface area contributed by atoms with E-state index in [9.17, 15) is 9.59 Å². The summed E-state index contributed by atoms with van der Waals surface area (Å²) in [6.45, 7) is 2.19. The van der Waals surface area contributed by atoms with Crippen LogP contribution in [0.5, 0.6) is 0 Å². The lowest BCUT2D eigenvalue weighted by atomic mass is 10.2. The SMILES string of the molecule is O=C(O)[C@H]1CCCN1C(=O)CCOC[C@@H]1CCCO1. The fraction of sp³-hybridized carbons (Fsp3) is 0.846. The largest absolute Gasteiger partial charge is 0.480 e. The van der Waals surface area contributed by atoms with Gasteiger partial charge in [0, 0.05) is 13.2 Å². The van der Waals surface area contributed by atoms with Crippen LogP contribution in [0.25, 0.3) is 0 Å². The average molecular weight is 271 g/mol. The lowest BCUT2D eigenvalue weighted by Gasteiger charge is -2.21. The van der Waals surface area contributed by atoms with Crippen molar-refractivity contribution in [2.45, 2.75) is 44.2 Å². The molecule has 2 aliphatic rings. The number of carboxylic acid groups (broad SMARTS) is 1. The van der Waals surface area contributed by atoms with E-state index in [1.54, 1.807) is 0 Å². The monoisotopic (exact) mass is 271 g/mol. The topological polar surface area (TPSA) is 76.1 Å². The van der Waals surface area contributed by atoms with E-state index >= 15 is 0 Å². The van der Waals surface area contributed by atoms with Crippen LogP contribution in [-0.4, -0.2) is 60.4 Å². The average Bonchev–Trinajstić information content (AvgIpc) is 3.04. The molecule has 6 heteroatoms. The summed E-state index contributed by atoms with van der Waals surface area (Å²) in [5.74, 6) is -1.04. The number of carbonyl (C=O) groups is 2. The van der Waals surface area contributed by atoms with Crippen LogP contribution in [0.1, 0.15) is 32.1 Å². The summed E-state index contributed by atoms with van der Waals surface area (Å²) < 4.78 is 10.8. The zero-order valence-electron chi connectivity index (χ0n) is 11.0. The Morgan fingerprint density at radius 3 is 2.84 bits per heavy atom. The Labute approximate surface area is 112 Å². The fourth-order valence-electron chi connectivity index (χ4n) is 2.62. The number of hydrogen-bond donors (Lipinski definition) is 1. The molecule has 0 aromatic rings. The van der Waals surface area contributed by atoms with Gasteiger partial charge in [0.25, 0.3) is 0 Å². The smallest absolute Gasteiger partial charge is 0.326 e. The highest BCUT2D eigenvalue weighted by Gasteiger charge is 2.33. The molecule has 2 fully saturated rings. The van der Waals surface area contributed by atoms with E-state index < -0.39 is 12.0 Å². The molecule has 2 aliphatic heterocycles. The van der Waals surface area contributed by atoms with Gasteiger partial charge in [-0.15, -0.1) is 0 Å². The summed E-state index contributed by atoms with van der Waals surface area (Å²) in [5.41, 5.74) is 0. The van der Waals surface area contributed by atoms with Gasteiger partial charge in [0.1, 0.15) is 6.04 Å². The Hall–Kier alpha value is -1.14. The molecule has 0 aliphatic carbocycles. The minimum atomic E-state index is -0.911. The van der Waals surface area contributed by atoms with Crippen LogP contribution in [0.3, 0.4) is 0 Å². The molecule has 1 amide bonds. The maximum absolute atomic E-state index is 11.9. The third kappa shape index (κ3) is 3.91. The van der Waals surface area contributed by atoms with Gasteiger partial charge >= 0.3 is 5.97 Å². The van der Waals surface area contributed by atoms with Gasteiger partial charge in [0.15, 0.2) is 0 Å². The lowest BCUT2D eigenvalue weighted by Crippen LogP contribution is -2.40. The molecule has 2 saturated heterocycles. The van der Waals surface area contributed by atoms with Crippen LogP contribution in [0.4, 0.5) is 0 Å². The molecule has 2 heterocycles. The van der Waals surface area contributed by atoms with Crippen LogP contribution < -0.4 is 0 Å². The van der Waals surface area contributed by atoms with Crippen LogP contribution in [-0.2, 0) is 19.1 Å². The van der Waals surface area contributed by atoms with E-state index in [-0.39, 0.29) is 18.4 Å². The number of ether oxygens (including phenoxy) is 2. The molecule has 0 unspecified atom stereocenters. The zero-order valence-corrected chi connectivity index (χ0v) is 11.0. The van der Waals surface area contributed by atoms with Gasteiger partial charge in [0.05, 0.1) is 25.7 Å². The van der Waals surface area contributed by atoms with E-state index in [1.165, 1.54) is 4.90 Å². The molecular formula is C13H21NO5. The van der Waals surface area contributed by atoms with Crippen molar-refractivity contribution in [3.63, 3.8) is 0 Å². The van der Waals surface area contributed by atoms with Crippen molar-refractivity contribution in [2.24, 2.45) is 0 Å². The van der Waals surface area contributed by atoms with Crippen molar-refractivity contribution in [1.29, 1.82) is 0 Å². The molecule has 0 radical (unpaired) electrons. The van der Waals surface area contributed by atoms with Crippen LogP contribution in [0.2, 0.25) is 0 Å². The number of nitrogens with zero attached hydrogens (tertiary/aromatic N) is 1. The first-order chi connectivity index (χ1) is 9.18. The molecular weight excluding hydrogens is 250 g/mol. The van der Waals surface area contributed by atoms with Crippen LogP contribution in [0.15, 0.2) is 0 Å². The van der Waals surface area contributed by atoms with Gasteiger partial charge in [0.2, 0.25) is 5.91 Å². The van der Waals surface area contributed by atoms with Crippen LogP contribution >= 0.6 is 0 Å². The quantitative estimate of drug-likeness (QED) is 0.718. The highest BCUT2D eigenvalue weighted by Crippen LogP contribution is 2.18. The number of amides is 1. The van der Waals surface area contributed by atoms with Gasteiger partial charge in [-0.1, -0.05) is 0 Å². The molecule has 19 heavy (non-hydrogen) atoms. The summed E-state index contributed by atoms with van der Waals surface area (Å²) in [4.78, 5) is 24.3. The van der Waals surface area contributed by atoms with Crippen molar-refractivity contribution in [3.8, 4) is 0 Å². The maximum Gasteiger partial charge on any atom is 0.326 e. The number of carbonyl (C=O) groups excluding carboxylic acids is 1. The van der Waals surface area contributed by atoms with Gasteiger partial charge < -0.3 is 19.5 Å². The fourth-order valence-corrected chi connectivity index (χ4v) is 2.62. The first kappa shape index (κ1) is 14.3. The Morgan fingerprint density at radius 2 is 2.16 bits per heavy atom. The normalized spacial score (nSPS) is 26.8. The van der Waals surface area contributed by atoms with Gasteiger partial charge in [-0.3, -0.25) is 4.79 Å². The molecule has 6 nitrogen and oxygen atoms in total. The number of likely N-dealkylation sites (tertiary alicyclic amines) is 1. The van der Waals surface area contributed by atoms with Gasteiger partial charge in [-0.05, 0) is 25.7 Å². The molecule has 2 atom stereocenters. The second-order valence-corrected chi connectivity index (χ2v) is 5.04. The highest BCUT2D eigenvalue weighted by molar-refractivity contribution is 5.84. The third-order valence-corrected chi connectivity index (χ3v) is 3.65. The zero-order chi connectivity index (χ0) is 13.7. The lowest BCUT2D eigenvalue weighted by molar-refractivity contribution is -0.148. The highest BCUT2D eigenvalue weighted by atomic mass is 16.5. The Bertz CT molecular complexity index is 327. The first-order valence-corrected chi connectivity index (χ1v) is 6.90. The molecule has 0 bridgehead atoms. The van der Waals surface area contributed by atoms with Crippen molar-refractivity contribution >= 4 is 11.9 Å². The maximum atomic E-state index is 11.9. The summed E-state index contributed by atoms with van der Waals surface area (Å²) in [5, 5.41) is 9.01. The summed E-state index contributed by atoms with van der Waals surface area (Å²) >= 11 is 0. The van der Waals surface area contributed by atoms with Gasteiger partial charge in [-0.25, -0.2) is 4.79 Å². The van der Waals surface area contributed by atoms with E-state index in [1.807, 2.05) is 0 Å². The Morgan fingerprint density at radius 1 is 1.32 bits per heavy atom. The van der Waals surface area contributed by atoms with Gasteiger partial charge in [-0.2, -0.15) is 0 Å². The molecule has 0 spiro atoms. The van der Waals surface area contributed by atoms with Crippen molar-refractivity contribution < 1.29 is 24.2 Å². The minimum absolute atomic E-state index is 0.128. The molecule has 0 saturated carbocycles.